The molecule has 1 saturated heterocycles. The van der Waals surface area contributed by atoms with E-state index in [4.69, 9.17) is 0 Å². The Hall–Kier alpha value is -1.03. The number of likely N-dealkylation sites (N-methyl/N-ethyl adjacent to an activating group) is 1. The van der Waals surface area contributed by atoms with Crippen molar-refractivity contribution in [1.82, 2.24) is 15.1 Å². The summed E-state index contributed by atoms with van der Waals surface area (Å²) in [5, 5.41) is 7.89. The zero-order chi connectivity index (χ0) is 11.5. The normalized spacial score (nSPS) is 21.4. The molecular formula is C12H22N4. The Bertz CT molecular complexity index is 345. The second-order valence-electron chi connectivity index (χ2n) is 4.56. The van der Waals surface area contributed by atoms with E-state index in [0.29, 0.717) is 6.04 Å². The number of aryl methyl sites for hydroxylation is 2. The van der Waals surface area contributed by atoms with E-state index in [9.17, 15) is 0 Å². The van der Waals surface area contributed by atoms with Crippen molar-refractivity contribution in [2.24, 2.45) is 7.05 Å². The number of aromatic nitrogens is 2. The van der Waals surface area contributed by atoms with Crippen LogP contribution in [0.2, 0.25) is 0 Å². The fourth-order valence-corrected chi connectivity index (χ4v) is 2.47. The van der Waals surface area contributed by atoms with Gasteiger partial charge in [0.05, 0.1) is 11.4 Å². The van der Waals surface area contributed by atoms with Crippen molar-refractivity contribution in [3.05, 3.63) is 11.9 Å². The summed E-state index contributed by atoms with van der Waals surface area (Å²) in [6.07, 6.45) is 5.71. The Labute approximate surface area is 97.6 Å². The van der Waals surface area contributed by atoms with Crippen LogP contribution in [0.1, 0.15) is 25.5 Å². The van der Waals surface area contributed by atoms with Crippen LogP contribution in [0.4, 0.5) is 5.69 Å². The minimum Gasteiger partial charge on any atom is -0.367 e. The molecule has 0 bridgehead atoms. The summed E-state index contributed by atoms with van der Waals surface area (Å²) in [7, 11) is 4.06. The molecule has 4 heteroatoms. The van der Waals surface area contributed by atoms with Gasteiger partial charge in [0.2, 0.25) is 0 Å². The highest BCUT2D eigenvalue weighted by Crippen LogP contribution is 2.23. The van der Waals surface area contributed by atoms with Gasteiger partial charge in [0.15, 0.2) is 0 Å². The molecule has 1 N–H and O–H groups in total. The van der Waals surface area contributed by atoms with Crippen molar-refractivity contribution in [3.8, 4) is 0 Å². The SMILES string of the molecule is CCc1nn(C)cc1N1CCCC(NC)C1. The van der Waals surface area contributed by atoms with Gasteiger partial charge in [-0.1, -0.05) is 6.92 Å². The number of nitrogens with one attached hydrogen (secondary N) is 1. The summed E-state index contributed by atoms with van der Waals surface area (Å²) in [4.78, 5) is 2.47. The molecule has 1 aliphatic heterocycles. The number of rotatable bonds is 3. The Balaban J connectivity index is 2.15. The predicted molar refractivity (Wildman–Crippen MR) is 66.9 cm³/mol. The van der Waals surface area contributed by atoms with Crippen molar-refractivity contribution >= 4 is 5.69 Å². The van der Waals surface area contributed by atoms with Gasteiger partial charge in [-0.15, -0.1) is 0 Å². The highest BCUT2D eigenvalue weighted by atomic mass is 15.3. The van der Waals surface area contributed by atoms with Gasteiger partial charge in [0.1, 0.15) is 0 Å². The molecule has 0 spiro atoms. The number of hydrogen-bond donors (Lipinski definition) is 1. The van der Waals surface area contributed by atoms with E-state index in [1.807, 2.05) is 11.7 Å². The maximum atomic E-state index is 4.51. The predicted octanol–water partition coefficient (Wildman–Crippen LogP) is 1.17. The lowest BCUT2D eigenvalue weighted by atomic mass is 10.1. The second kappa shape index (κ2) is 4.87. The molecular weight excluding hydrogens is 200 g/mol. The molecule has 1 fully saturated rings. The fourth-order valence-electron chi connectivity index (χ4n) is 2.47. The molecule has 4 nitrogen and oxygen atoms in total. The van der Waals surface area contributed by atoms with E-state index in [1.54, 1.807) is 0 Å². The first kappa shape index (κ1) is 11.5. The van der Waals surface area contributed by atoms with Crippen LogP contribution in [-0.4, -0.2) is 36.0 Å². The Morgan fingerprint density at radius 2 is 2.38 bits per heavy atom. The molecule has 90 valence electrons. The molecule has 0 radical (unpaired) electrons. The molecule has 1 aromatic heterocycles. The number of piperidine rings is 1. The summed E-state index contributed by atoms with van der Waals surface area (Å²) in [6.45, 7) is 4.44. The van der Waals surface area contributed by atoms with Crippen LogP contribution < -0.4 is 10.2 Å². The highest BCUT2D eigenvalue weighted by molar-refractivity contribution is 5.50. The molecule has 0 amide bonds. The summed E-state index contributed by atoms with van der Waals surface area (Å²) in [5.41, 5.74) is 2.55. The lowest BCUT2D eigenvalue weighted by Crippen LogP contribution is -2.44. The fraction of sp³-hybridized carbons (Fsp3) is 0.750. The maximum absolute atomic E-state index is 4.51. The molecule has 0 saturated carbocycles. The van der Waals surface area contributed by atoms with Gasteiger partial charge in [-0.3, -0.25) is 4.68 Å². The highest BCUT2D eigenvalue weighted by Gasteiger charge is 2.21. The van der Waals surface area contributed by atoms with Gasteiger partial charge < -0.3 is 10.2 Å². The van der Waals surface area contributed by atoms with Gasteiger partial charge in [-0.25, -0.2) is 0 Å². The first-order valence-electron chi connectivity index (χ1n) is 6.19. The van der Waals surface area contributed by atoms with Gasteiger partial charge in [-0.2, -0.15) is 5.10 Å². The van der Waals surface area contributed by atoms with E-state index in [2.05, 4.69) is 35.5 Å². The van der Waals surface area contributed by atoms with E-state index < -0.39 is 0 Å². The summed E-state index contributed by atoms with van der Waals surface area (Å²) in [5.74, 6) is 0. The first-order valence-corrected chi connectivity index (χ1v) is 6.19. The summed E-state index contributed by atoms with van der Waals surface area (Å²) >= 11 is 0. The molecule has 1 unspecified atom stereocenters. The van der Waals surface area contributed by atoms with Crippen LogP contribution in [0.15, 0.2) is 6.20 Å². The summed E-state index contributed by atoms with van der Waals surface area (Å²) < 4.78 is 1.93. The maximum Gasteiger partial charge on any atom is 0.0855 e. The van der Waals surface area contributed by atoms with Gasteiger partial charge in [-0.05, 0) is 26.3 Å². The third-order valence-electron chi connectivity index (χ3n) is 3.39. The molecule has 0 aromatic carbocycles. The van der Waals surface area contributed by atoms with Crippen LogP contribution in [-0.2, 0) is 13.5 Å². The quantitative estimate of drug-likeness (QED) is 0.833. The van der Waals surface area contributed by atoms with E-state index in [-0.39, 0.29) is 0 Å². The van der Waals surface area contributed by atoms with Crippen molar-refractivity contribution in [3.63, 3.8) is 0 Å². The molecule has 1 atom stereocenters. The third-order valence-corrected chi connectivity index (χ3v) is 3.39. The molecule has 1 aliphatic rings. The van der Waals surface area contributed by atoms with Crippen molar-refractivity contribution < 1.29 is 0 Å². The van der Waals surface area contributed by atoms with E-state index >= 15 is 0 Å². The van der Waals surface area contributed by atoms with Gasteiger partial charge in [0, 0.05) is 32.4 Å². The van der Waals surface area contributed by atoms with Crippen LogP contribution in [0, 0.1) is 0 Å². The van der Waals surface area contributed by atoms with Gasteiger partial charge in [0.25, 0.3) is 0 Å². The van der Waals surface area contributed by atoms with Gasteiger partial charge >= 0.3 is 0 Å². The first-order chi connectivity index (χ1) is 7.74. The molecule has 0 aliphatic carbocycles. The smallest absolute Gasteiger partial charge is 0.0855 e. The topological polar surface area (TPSA) is 33.1 Å². The number of nitrogens with zero attached hydrogens (tertiary/aromatic N) is 3. The lowest BCUT2D eigenvalue weighted by molar-refractivity contribution is 0.449. The standard InChI is InChI=1S/C12H22N4/c1-4-11-12(9-15(3)14-11)16-7-5-6-10(8-16)13-2/h9-10,13H,4-8H2,1-3H3. The zero-order valence-electron chi connectivity index (χ0n) is 10.5. The molecule has 1 aromatic rings. The second-order valence-corrected chi connectivity index (χ2v) is 4.56. The van der Waals surface area contributed by atoms with Crippen molar-refractivity contribution in [2.45, 2.75) is 32.2 Å². The van der Waals surface area contributed by atoms with E-state index in [0.717, 1.165) is 19.5 Å². The number of hydrogen-bond acceptors (Lipinski definition) is 3. The molecule has 2 heterocycles. The van der Waals surface area contributed by atoms with Crippen molar-refractivity contribution in [2.75, 3.05) is 25.0 Å². The minimum atomic E-state index is 0.624. The van der Waals surface area contributed by atoms with Crippen LogP contribution in [0.25, 0.3) is 0 Å². The molecule has 2 rings (SSSR count). The summed E-state index contributed by atoms with van der Waals surface area (Å²) in [6, 6.07) is 0.624. The Morgan fingerprint density at radius 1 is 1.56 bits per heavy atom. The van der Waals surface area contributed by atoms with E-state index in [1.165, 1.54) is 24.2 Å². The molecule has 16 heavy (non-hydrogen) atoms. The lowest BCUT2D eigenvalue weighted by Gasteiger charge is -2.33. The largest absolute Gasteiger partial charge is 0.367 e. The monoisotopic (exact) mass is 222 g/mol. The minimum absolute atomic E-state index is 0.624. The average molecular weight is 222 g/mol. The van der Waals surface area contributed by atoms with Crippen LogP contribution in [0.5, 0.6) is 0 Å². The average Bonchev–Trinajstić information content (AvgIpc) is 2.70. The van der Waals surface area contributed by atoms with Crippen LogP contribution in [0.3, 0.4) is 0 Å². The Kier molecular flexibility index (Phi) is 3.49. The van der Waals surface area contributed by atoms with Crippen LogP contribution >= 0.6 is 0 Å². The third kappa shape index (κ3) is 2.21. The Morgan fingerprint density at radius 3 is 3.06 bits per heavy atom. The number of anilines is 1. The zero-order valence-corrected chi connectivity index (χ0v) is 10.5. The van der Waals surface area contributed by atoms with Crippen molar-refractivity contribution in [1.29, 1.82) is 0 Å².